The molecule has 2 atom stereocenters. The van der Waals surface area contributed by atoms with Crippen LogP contribution >= 0.6 is 0 Å². The minimum Gasteiger partial charge on any atom is -0.491 e. The molecule has 0 amide bonds. The number of rotatable bonds is 21. The molecule has 69 heavy (non-hydrogen) atoms. The highest BCUT2D eigenvalue weighted by Gasteiger charge is 2.35. The van der Waals surface area contributed by atoms with E-state index in [4.69, 9.17) is 19.3 Å². The topological polar surface area (TPSA) is 143 Å². The Hall–Kier alpha value is -5.22. The van der Waals surface area contributed by atoms with Crippen LogP contribution < -0.4 is 9.47 Å². The third-order valence-electron chi connectivity index (χ3n) is 15.6. The van der Waals surface area contributed by atoms with Crippen LogP contribution in [0.25, 0.3) is 12.2 Å². The summed E-state index contributed by atoms with van der Waals surface area (Å²) in [6.07, 6.45) is 17.9. The molecule has 4 aromatic rings. The van der Waals surface area contributed by atoms with Crippen molar-refractivity contribution in [1.29, 1.82) is 0 Å². The average Bonchev–Trinajstić information content (AvgIpc) is 3.74. The standard InChI is InChI=1S/C30H40O5.C30H38O4/c1-5-30(6-2,24-9-8-23(21(3)18-24)14-17-29(34)15-7-16-29)25-10-12-27(22(4)19-25)35-20-26(31)11-13-28(32)33;1-5-30(6-2,24-9-8-23(21(3)18-24)14-17-29(32)15-7-16-29)25-10-12-27(22(4)19-25)33-20-26-11-13-28(31)34-26/h8-10,12,14,17-19,26,31,34H,5-7,11,13,15-16,20H2,1-4H3,(H,32,33);8-10,12,14,17-19,26,32H,5-7,11,13,15-16,20H2,1-4H3/b2*17-14+/t2*26-/m00/s1. The first-order valence-electron chi connectivity index (χ1n) is 25.5. The van der Waals surface area contributed by atoms with E-state index in [1.807, 2.05) is 25.1 Å². The highest BCUT2D eigenvalue weighted by molar-refractivity contribution is 5.71. The Kier molecular flexibility index (Phi) is 17.8. The van der Waals surface area contributed by atoms with Gasteiger partial charge in [-0.05, 0) is 173 Å². The molecule has 2 saturated carbocycles. The highest BCUT2D eigenvalue weighted by atomic mass is 16.6. The molecule has 1 saturated heterocycles. The van der Waals surface area contributed by atoms with E-state index in [-0.39, 0.29) is 42.4 Å². The van der Waals surface area contributed by atoms with Crippen molar-refractivity contribution in [3.8, 4) is 11.5 Å². The van der Waals surface area contributed by atoms with Crippen LogP contribution in [0.1, 0.15) is 173 Å². The molecule has 7 rings (SSSR count). The SMILES string of the molecule is CCC(CC)(c1ccc(/C=C/C2(O)CCC2)c(C)c1)c1ccc(OC[C@@H](O)CCC(=O)O)c(C)c1.CCC(CC)(c1ccc(/C=C/C2(O)CCC2)c(C)c1)c1ccc(OC[C@@H]2CCC(=O)O2)c(C)c1. The molecule has 1 aliphatic heterocycles. The van der Waals surface area contributed by atoms with Gasteiger partial charge in [0.05, 0.1) is 17.3 Å². The summed E-state index contributed by atoms with van der Waals surface area (Å²) >= 11 is 0. The van der Waals surface area contributed by atoms with Crippen molar-refractivity contribution in [3.05, 3.63) is 141 Å². The maximum atomic E-state index is 11.3. The van der Waals surface area contributed by atoms with Gasteiger partial charge in [-0.1, -0.05) is 113 Å². The van der Waals surface area contributed by atoms with Crippen LogP contribution in [-0.4, -0.2) is 69.0 Å². The quantitative estimate of drug-likeness (QED) is 0.0601. The zero-order valence-corrected chi connectivity index (χ0v) is 42.5. The molecule has 4 aromatic carbocycles. The number of aliphatic carboxylic acids is 1. The molecular weight excluding hydrogens is 865 g/mol. The smallest absolute Gasteiger partial charge is 0.306 e. The number of aliphatic hydroxyl groups is 3. The molecule has 4 N–H and O–H groups in total. The van der Waals surface area contributed by atoms with Gasteiger partial charge in [0.25, 0.3) is 0 Å². The third-order valence-corrected chi connectivity index (χ3v) is 15.6. The number of cyclic esters (lactones) is 1. The van der Waals surface area contributed by atoms with E-state index in [0.29, 0.717) is 18.8 Å². The van der Waals surface area contributed by atoms with E-state index in [2.05, 4.69) is 127 Å². The van der Waals surface area contributed by atoms with Crippen molar-refractivity contribution >= 4 is 24.1 Å². The molecule has 0 aromatic heterocycles. The van der Waals surface area contributed by atoms with Gasteiger partial charge in [0.1, 0.15) is 30.8 Å². The summed E-state index contributed by atoms with van der Waals surface area (Å²) in [5.41, 5.74) is 10.5. The van der Waals surface area contributed by atoms with Gasteiger partial charge in [0.2, 0.25) is 0 Å². The predicted molar refractivity (Wildman–Crippen MR) is 276 cm³/mol. The number of esters is 1. The average molecular weight is 943 g/mol. The summed E-state index contributed by atoms with van der Waals surface area (Å²) in [5, 5.41) is 39.6. The summed E-state index contributed by atoms with van der Waals surface area (Å²) in [7, 11) is 0. The van der Waals surface area contributed by atoms with Crippen LogP contribution in [0.5, 0.6) is 11.5 Å². The van der Waals surface area contributed by atoms with Crippen LogP contribution in [0, 0.1) is 27.7 Å². The predicted octanol–water partition coefficient (Wildman–Crippen LogP) is 12.4. The van der Waals surface area contributed by atoms with Crippen LogP contribution in [0.15, 0.2) is 84.9 Å². The number of ether oxygens (including phenoxy) is 3. The number of carboxylic acid groups (broad SMARTS) is 1. The first kappa shape index (κ1) is 53.1. The van der Waals surface area contributed by atoms with Gasteiger partial charge in [-0.2, -0.15) is 0 Å². The lowest BCUT2D eigenvalue weighted by atomic mass is 9.70. The molecule has 0 unspecified atom stereocenters. The fraction of sp³-hybridized carbons (Fsp3) is 0.500. The number of carbonyl (C=O) groups excluding carboxylic acids is 1. The summed E-state index contributed by atoms with van der Waals surface area (Å²) in [6, 6.07) is 26.1. The van der Waals surface area contributed by atoms with Gasteiger partial charge >= 0.3 is 11.9 Å². The van der Waals surface area contributed by atoms with Crippen molar-refractivity contribution in [1.82, 2.24) is 0 Å². The summed E-state index contributed by atoms with van der Waals surface area (Å²) in [5.74, 6) is 0.496. The Morgan fingerprint density at radius 3 is 1.45 bits per heavy atom. The molecular formula is C60H78O9. The second kappa shape index (κ2) is 23.1. The number of hydrogen-bond acceptors (Lipinski definition) is 8. The number of aliphatic hydroxyl groups excluding tert-OH is 1. The monoisotopic (exact) mass is 943 g/mol. The number of hydrogen-bond donors (Lipinski definition) is 4. The molecule has 9 nitrogen and oxygen atoms in total. The Balaban J connectivity index is 0.000000227. The van der Waals surface area contributed by atoms with E-state index in [9.17, 15) is 24.9 Å². The molecule has 0 radical (unpaired) electrons. The number of aryl methyl sites for hydroxylation is 4. The number of benzene rings is 4. The van der Waals surface area contributed by atoms with Gasteiger partial charge < -0.3 is 34.6 Å². The van der Waals surface area contributed by atoms with Crippen molar-refractivity contribution in [2.45, 2.75) is 180 Å². The minimum atomic E-state index is -0.921. The molecule has 9 heteroatoms. The van der Waals surface area contributed by atoms with Crippen LogP contribution in [0.3, 0.4) is 0 Å². The van der Waals surface area contributed by atoms with Crippen molar-refractivity contribution in [2.75, 3.05) is 13.2 Å². The lowest BCUT2D eigenvalue weighted by molar-refractivity contribution is -0.142. The third kappa shape index (κ3) is 12.8. The summed E-state index contributed by atoms with van der Waals surface area (Å²) < 4.78 is 17.1. The number of carbonyl (C=O) groups is 2. The fourth-order valence-corrected chi connectivity index (χ4v) is 10.3. The van der Waals surface area contributed by atoms with Crippen LogP contribution in [0.4, 0.5) is 0 Å². The lowest BCUT2D eigenvalue weighted by Crippen LogP contribution is -2.33. The van der Waals surface area contributed by atoms with Crippen molar-refractivity contribution < 1.29 is 44.2 Å². The lowest BCUT2D eigenvalue weighted by Gasteiger charge is -2.34. The molecule has 372 valence electrons. The van der Waals surface area contributed by atoms with E-state index in [0.717, 1.165) is 98.6 Å². The Bertz CT molecular complexity index is 2450. The van der Waals surface area contributed by atoms with Gasteiger partial charge in [-0.25, -0.2) is 0 Å². The Labute approximate surface area is 411 Å². The molecule has 0 bridgehead atoms. The Morgan fingerprint density at radius 2 is 1.10 bits per heavy atom. The molecule has 3 fully saturated rings. The molecule has 1 heterocycles. The Morgan fingerprint density at radius 1 is 0.681 bits per heavy atom. The summed E-state index contributed by atoms with van der Waals surface area (Å²) in [6.45, 7) is 17.8. The maximum Gasteiger partial charge on any atom is 0.306 e. The zero-order chi connectivity index (χ0) is 50.0. The van der Waals surface area contributed by atoms with Crippen molar-refractivity contribution in [2.24, 2.45) is 0 Å². The summed E-state index contributed by atoms with van der Waals surface area (Å²) in [4.78, 5) is 22.0. The molecule has 2 aliphatic carbocycles. The highest BCUT2D eigenvalue weighted by Crippen LogP contribution is 2.43. The van der Waals surface area contributed by atoms with Gasteiger partial charge in [0.15, 0.2) is 0 Å². The van der Waals surface area contributed by atoms with Gasteiger partial charge in [0, 0.05) is 23.7 Å². The second-order valence-corrected chi connectivity index (χ2v) is 20.1. The van der Waals surface area contributed by atoms with E-state index in [1.165, 1.54) is 33.4 Å². The van der Waals surface area contributed by atoms with Gasteiger partial charge in [-0.3, -0.25) is 9.59 Å². The van der Waals surface area contributed by atoms with E-state index >= 15 is 0 Å². The molecule has 3 aliphatic rings. The van der Waals surface area contributed by atoms with Crippen LogP contribution in [0.2, 0.25) is 0 Å². The van der Waals surface area contributed by atoms with Gasteiger partial charge in [-0.15, -0.1) is 0 Å². The first-order chi connectivity index (χ1) is 32.9. The van der Waals surface area contributed by atoms with Crippen molar-refractivity contribution in [3.63, 3.8) is 0 Å². The minimum absolute atomic E-state index is 0.0729. The first-order valence-corrected chi connectivity index (χ1v) is 25.5. The zero-order valence-electron chi connectivity index (χ0n) is 42.5. The van der Waals surface area contributed by atoms with Crippen LogP contribution in [-0.2, 0) is 25.2 Å². The maximum absolute atomic E-state index is 11.3. The normalized spacial score (nSPS) is 18.0. The number of carboxylic acids is 1. The van der Waals surface area contributed by atoms with E-state index in [1.54, 1.807) is 0 Å². The molecule has 0 spiro atoms. The largest absolute Gasteiger partial charge is 0.491 e. The second-order valence-electron chi connectivity index (χ2n) is 20.1. The fourth-order valence-electron chi connectivity index (χ4n) is 10.3. The van der Waals surface area contributed by atoms with E-state index < -0.39 is 23.3 Å².